The molecular weight excluding hydrogens is 456 g/mol. The van der Waals surface area contributed by atoms with Gasteiger partial charge in [-0.05, 0) is 25.0 Å². The first-order valence-electron chi connectivity index (χ1n) is 11.0. The van der Waals surface area contributed by atoms with Crippen molar-refractivity contribution in [1.82, 2.24) is 25.0 Å². The number of carbonyl (C=O) groups is 1. The molecule has 1 aliphatic carbocycles. The fourth-order valence-electron chi connectivity index (χ4n) is 3.16. The van der Waals surface area contributed by atoms with Gasteiger partial charge >= 0.3 is 0 Å². The van der Waals surface area contributed by atoms with Crippen LogP contribution in [0.15, 0.2) is 34.0 Å². The van der Waals surface area contributed by atoms with Gasteiger partial charge in [-0.15, -0.1) is 0 Å². The third-order valence-electron chi connectivity index (χ3n) is 5.29. The molecule has 1 saturated carbocycles. The van der Waals surface area contributed by atoms with E-state index in [1.807, 2.05) is 26.0 Å². The van der Waals surface area contributed by atoms with Crippen LogP contribution in [0.2, 0.25) is 5.02 Å². The molecule has 10 nitrogen and oxygen atoms in total. The second-order valence-electron chi connectivity index (χ2n) is 8.15. The highest BCUT2D eigenvalue weighted by atomic mass is 35.5. The fraction of sp³-hybridized carbons (Fsp3) is 0.391. The molecule has 2 heterocycles. The van der Waals surface area contributed by atoms with Gasteiger partial charge in [-0.3, -0.25) is 4.79 Å². The number of anilines is 2. The van der Waals surface area contributed by atoms with Crippen molar-refractivity contribution < 1.29 is 9.32 Å². The summed E-state index contributed by atoms with van der Waals surface area (Å²) in [6.45, 7) is 5.99. The predicted octanol–water partition coefficient (Wildman–Crippen LogP) is 4.50. The van der Waals surface area contributed by atoms with Crippen molar-refractivity contribution in [2.24, 2.45) is 4.99 Å². The molecule has 0 amide bonds. The molecule has 2 aromatic heterocycles. The maximum Gasteiger partial charge on any atom is 0.265 e. The van der Waals surface area contributed by atoms with Gasteiger partial charge in [-0.25, -0.2) is 15.0 Å². The first kappa shape index (κ1) is 25.1. The molecule has 180 valence electrons. The number of aldehydes is 1. The number of hydrogen-bond acceptors (Lipinski definition) is 9. The largest absolute Gasteiger partial charge is 0.383 e. The average molecular weight is 485 g/mol. The van der Waals surface area contributed by atoms with Crippen molar-refractivity contribution >= 4 is 41.0 Å². The van der Waals surface area contributed by atoms with Crippen molar-refractivity contribution in [3.05, 3.63) is 40.9 Å². The molecule has 11 heteroatoms. The molecule has 1 fully saturated rings. The van der Waals surface area contributed by atoms with E-state index in [-0.39, 0.29) is 23.4 Å². The number of nitrogen functional groups attached to an aromatic ring is 2. The summed E-state index contributed by atoms with van der Waals surface area (Å²) in [4.78, 5) is 29.7. The Labute approximate surface area is 203 Å². The van der Waals surface area contributed by atoms with Crippen molar-refractivity contribution in [3.8, 4) is 11.5 Å². The number of rotatable bonds is 6. The first-order chi connectivity index (χ1) is 16.3. The molecule has 3 aromatic rings. The van der Waals surface area contributed by atoms with Crippen LogP contribution in [-0.4, -0.2) is 50.2 Å². The molecule has 0 spiro atoms. The van der Waals surface area contributed by atoms with Gasteiger partial charge in [0.2, 0.25) is 0 Å². The summed E-state index contributed by atoms with van der Waals surface area (Å²) >= 11 is 6.00. The summed E-state index contributed by atoms with van der Waals surface area (Å²) in [5.41, 5.74) is 12.9. The SMILES string of the molecule is CC(C)c1noc(-c2c(N)ncnc2N)n1.CCC(=Nc1cccc(Cl)c1C=O)N(C)C1CC1. The molecule has 4 rings (SSSR count). The van der Waals surface area contributed by atoms with Gasteiger partial charge in [0.25, 0.3) is 5.89 Å². The lowest BCUT2D eigenvalue weighted by Crippen LogP contribution is -2.28. The van der Waals surface area contributed by atoms with E-state index >= 15 is 0 Å². The molecule has 34 heavy (non-hydrogen) atoms. The lowest BCUT2D eigenvalue weighted by atomic mass is 10.2. The number of nitrogens with two attached hydrogens (primary N) is 2. The number of aliphatic imine (C=N–C) groups is 1. The van der Waals surface area contributed by atoms with E-state index in [0.29, 0.717) is 33.7 Å². The topological polar surface area (TPSA) is 149 Å². The van der Waals surface area contributed by atoms with Gasteiger partial charge in [-0.2, -0.15) is 4.98 Å². The molecular formula is C23H29ClN8O2. The number of carbonyl (C=O) groups excluding carboxylic acids is 1. The minimum absolute atomic E-state index is 0.171. The lowest BCUT2D eigenvalue weighted by molar-refractivity contribution is 0.112. The van der Waals surface area contributed by atoms with Crippen LogP contribution in [0.25, 0.3) is 11.5 Å². The number of nitrogens with zero attached hydrogens (tertiary/aromatic N) is 6. The van der Waals surface area contributed by atoms with Gasteiger partial charge in [0.15, 0.2) is 12.1 Å². The Morgan fingerprint density at radius 1 is 1.29 bits per heavy atom. The first-order valence-corrected chi connectivity index (χ1v) is 11.4. The van der Waals surface area contributed by atoms with E-state index in [4.69, 9.17) is 27.6 Å². The van der Waals surface area contributed by atoms with E-state index in [1.54, 1.807) is 6.07 Å². The minimum Gasteiger partial charge on any atom is -0.383 e. The molecule has 1 aromatic carbocycles. The summed E-state index contributed by atoms with van der Waals surface area (Å²) in [5, 5.41) is 4.28. The van der Waals surface area contributed by atoms with E-state index in [9.17, 15) is 4.79 Å². The van der Waals surface area contributed by atoms with Crippen LogP contribution in [0.4, 0.5) is 17.3 Å². The highest BCUT2D eigenvalue weighted by molar-refractivity contribution is 6.33. The maximum atomic E-state index is 11.1. The van der Waals surface area contributed by atoms with Gasteiger partial charge < -0.3 is 20.9 Å². The van der Waals surface area contributed by atoms with Crippen molar-refractivity contribution in [2.75, 3.05) is 18.5 Å². The Kier molecular flexibility index (Phi) is 8.17. The summed E-state index contributed by atoms with van der Waals surface area (Å²) < 4.78 is 5.07. The molecule has 0 radical (unpaired) electrons. The third kappa shape index (κ3) is 5.88. The van der Waals surface area contributed by atoms with Gasteiger partial charge in [0.05, 0.1) is 16.3 Å². The predicted molar refractivity (Wildman–Crippen MR) is 133 cm³/mol. The fourth-order valence-corrected chi connectivity index (χ4v) is 3.38. The van der Waals surface area contributed by atoms with Crippen molar-refractivity contribution in [3.63, 3.8) is 0 Å². The standard InChI is InChI=1S/C14H17ClN2O.C9H12N6O/c1-3-14(17(2)10-7-8-10)16-13-6-4-5-12(15)11(13)9-18;1-4(2)8-14-9(16-15-8)5-6(10)12-3-13-7(5)11/h4-6,9-10H,3,7-8H2,1-2H3;3-4H,1-2H3,(H4,10,11,12,13). The van der Waals surface area contributed by atoms with E-state index in [2.05, 4.69) is 44.0 Å². The smallest absolute Gasteiger partial charge is 0.265 e. The number of amidine groups is 1. The summed E-state index contributed by atoms with van der Waals surface area (Å²) in [6, 6.07) is 5.97. The molecule has 0 unspecified atom stereocenters. The molecule has 0 atom stereocenters. The Morgan fingerprint density at radius 3 is 2.50 bits per heavy atom. The molecule has 0 saturated heterocycles. The molecule has 0 aliphatic heterocycles. The van der Waals surface area contributed by atoms with Gasteiger partial charge in [0.1, 0.15) is 29.4 Å². The van der Waals surface area contributed by atoms with Crippen LogP contribution in [-0.2, 0) is 0 Å². The third-order valence-corrected chi connectivity index (χ3v) is 5.62. The summed E-state index contributed by atoms with van der Waals surface area (Å²) in [6.07, 6.45) is 5.36. The highest BCUT2D eigenvalue weighted by Crippen LogP contribution is 2.30. The number of benzene rings is 1. The summed E-state index contributed by atoms with van der Waals surface area (Å²) in [5.74, 6) is 2.47. The van der Waals surface area contributed by atoms with Crippen LogP contribution in [0.5, 0.6) is 0 Å². The van der Waals surface area contributed by atoms with Gasteiger partial charge in [-0.1, -0.05) is 43.6 Å². The summed E-state index contributed by atoms with van der Waals surface area (Å²) in [7, 11) is 2.06. The van der Waals surface area contributed by atoms with E-state index in [1.165, 1.54) is 19.2 Å². The van der Waals surface area contributed by atoms with Crippen LogP contribution in [0.1, 0.15) is 62.1 Å². The Balaban J connectivity index is 0.000000192. The van der Waals surface area contributed by atoms with Crippen LogP contribution < -0.4 is 11.5 Å². The van der Waals surface area contributed by atoms with Crippen molar-refractivity contribution in [1.29, 1.82) is 0 Å². The normalized spacial score (nSPS) is 13.4. The second kappa shape index (κ2) is 11.1. The zero-order valence-corrected chi connectivity index (χ0v) is 20.5. The monoisotopic (exact) mass is 484 g/mol. The highest BCUT2D eigenvalue weighted by Gasteiger charge is 2.27. The van der Waals surface area contributed by atoms with Crippen LogP contribution in [0.3, 0.4) is 0 Å². The van der Waals surface area contributed by atoms with Crippen LogP contribution >= 0.6 is 11.6 Å². The van der Waals surface area contributed by atoms with E-state index in [0.717, 1.165) is 18.5 Å². The zero-order valence-electron chi connectivity index (χ0n) is 19.7. The average Bonchev–Trinajstić information content (AvgIpc) is 3.54. The minimum atomic E-state index is 0.171. The number of halogens is 1. The van der Waals surface area contributed by atoms with Gasteiger partial charge in [0, 0.05) is 25.4 Å². The number of hydrogen-bond donors (Lipinski definition) is 2. The molecule has 0 bridgehead atoms. The quantitative estimate of drug-likeness (QED) is 0.292. The maximum absolute atomic E-state index is 11.1. The number of aromatic nitrogens is 4. The Morgan fingerprint density at radius 2 is 1.97 bits per heavy atom. The zero-order chi connectivity index (χ0) is 24.8. The second-order valence-corrected chi connectivity index (χ2v) is 8.55. The van der Waals surface area contributed by atoms with Crippen LogP contribution in [0, 0.1) is 0 Å². The van der Waals surface area contributed by atoms with E-state index < -0.39 is 0 Å². The lowest BCUT2D eigenvalue weighted by Gasteiger charge is -2.20. The molecule has 1 aliphatic rings. The molecule has 4 N–H and O–H groups in total. The Hall–Kier alpha value is -3.53. The van der Waals surface area contributed by atoms with Crippen molar-refractivity contribution in [2.45, 2.75) is 52.0 Å². The Bertz CT molecular complexity index is 1150.